The van der Waals surface area contributed by atoms with Crippen molar-refractivity contribution in [3.8, 4) is 0 Å². The van der Waals surface area contributed by atoms with Gasteiger partial charge in [-0.1, -0.05) is 6.58 Å². The van der Waals surface area contributed by atoms with Gasteiger partial charge in [0, 0.05) is 6.08 Å². The molecule has 0 aromatic heterocycles. The Labute approximate surface area is 85.7 Å². The maximum Gasteiger partial charge on any atom is 0.341 e. The van der Waals surface area contributed by atoms with Crippen molar-refractivity contribution in [2.24, 2.45) is 0 Å². The van der Waals surface area contributed by atoms with Crippen LogP contribution in [0.2, 0.25) is 0 Å². The summed E-state index contributed by atoms with van der Waals surface area (Å²) >= 11 is 0. The van der Waals surface area contributed by atoms with E-state index in [1.54, 1.807) is 0 Å². The molecule has 0 aliphatic rings. The van der Waals surface area contributed by atoms with Crippen LogP contribution in [-0.2, 0) is 9.53 Å². The number of nitrogens with zero attached hydrogens (tertiary/aromatic N) is 1. The van der Waals surface area contributed by atoms with E-state index in [0.29, 0.717) is 6.08 Å². The molecule has 0 amide bonds. The summed E-state index contributed by atoms with van der Waals surface area (Å²) in [4.78, 5) is 20.4. The highest BCUT2D eigenvalue weighted by molar-refractivity contribution is 5.92. The highest BCUT2D eigenvalue weighted by Crippen LogP contribution is 2.13. The summed E-state index contributed by atoms with van der Waals surface area (Å²) in [5.41, 5.74) is -1.21. The van der Waals surface area contributed by atoms with E-state index >= 15 is 0 Å². The fourth-order valence-electron chi connectivity index (χ4n) is 0.676. The molecule has 0 aliphatic carbocycles. The maximum atomic E-state index is 12.7. The minimum Gasteiger partial charge on any atom is -0.462 e. The minimum absolute atomic E-state index is 0.0361. The van der Waals surface area contributed by atoms with E-state index in [4.69, 9.17) is 0 Å². The molecule has 0 N–H and O–H groups in total. The van der Waals surface area contributed by atoms with E-state index in [2.05, 4.69) is 17.9 Å². The zero-order chi connectivity index (χ0) is 12.0. The van der Waals surface area contributed by atoms with E-state index in [1.165, 1.54) is 6.92 Å². The van der Waals surface area contributed by atoms with Crippen LogP contribution in [0.15, 0.2) is 36.3 Å². The molecule has 0 heterocycles. The van der Waals surface area contributed by atoms with Gasteiger partial charge in [0.25, 0.3) is 5.70 Å². The van der Waals surface area contributed by atoms with Gasteiger partial charge in [-0.05, 0) is 13.5 Å². The summed E-state index contributed by atoms with van der Waals surface area (Å²) in [6, 6.07) is 0. The van der Waals surface area contributed by atoms with Gasteiger partial charge < -0.3 is 4.74 Å². The molecule has 15 heavy (non-hydrogen) atoms. The lowest BCUT2D eigenvalue weighted by atomic mass is 10.2. The summed E-state index contributed by atoms with van der Waals surface area (Å²) < 4.78 is 17.2. The van der Waals surface area contributed by atoms with Crippen molar-refractivity contribution < 1.29 is 18.8 Å². The maximum absolute atomic E-state index is 12.7. The number of allylic oxidation sites excluding steroid dienone is 1. The quantitative estimate of drug-likeness (QED) is 0.230. The van der Waals surface area contributed by atoms with Crippen LogP contribution in [0.1, 0.15) is 6.92 Å². The van der Waals surface area contributed by atoms with Crippen LogP contribution in [-0.4, -0.2) is 17.5 Å². The predicted molar refractivity (Wildman–Crippen MR) is 51.1 cm³/mol. The molecular formula is C9H10FNO4. The first-order valence-electron chi connectivity index (χ1n) is 3.97. The van der Waals surface area contributed by atoms with Gasteiger partial charge in [-0.2, -0.15) is 0 Å². The van der Waals surface area contributed by atoms with Crippen LogP contribution in [0, 0.1) is 10.1 Å². The van der Waals surface area contributed by atoms with Crippen LogP contribution >= 0.6 is 0 Å². The van der Waals surface area contributed by atoms with Crippen LogP contribution in [0.3, 0.4) is 0 Å². The third-order valence-corrected chi connectivity index (χ3v) is 1.33. The number of hydrogen-bond donors (Lipinski definition) is 0. The molecule has 6 heteroatoms. The monoisotopic (exact) mass is 215 g/mol. The Hall–Kier alpha value is -1.98. The zero-order valence-electron chi connectivity index (χ0n) is 8.16. The van der Waals surface area contributed by atoms with Crippen molar-refractivity contribution in [1.29, 1.82) is 0 Å². The molecule has 82 valence electrons. The molecule has 0 aromatic rings. The molecule has 0 saturated carbocycles. The first-order chi connectivity index (χ1) is 6.90. The number of hydrogen-bond acceptors (Lipinski definition) is 4. The van der Waals surface area contributed by atoms with Gasteiger partial charge in [0.15, 0.2) is 0 Å². The Kier molecular flexibility index (Phi) is 4.94. The third-order valence-electron chi connectivity index (χ3n) is 1.33. The number of rotatable bonds is 5. The standard InChI is InChI=1S/C9H10FNO4/c1-4-15-9(12)8(7(3)10)5-6(2)11(13)14/h5H,2-4H2,1H3/b8-5+. The highest BCUT2D eigenvalue weighted by Gasteiger charge is 2.17. The molecule has 0 unspecified atom stereocenters. The lowest BCUT2D eigenvalue weighted by molar-refractivity contribution is -0.418. The lowest BCUT2D eigenvalue weighted by Crippen LogP contribution is -2.09. The van der Waals surface area contributed by atoms with Gasteiger partial charge in [0.2, 0.25) is 0 Å². The van der Waals surface area contributed by atoms with E-state index in [-0.39, 0.29) is 6.61 Å². The summed E-state index contributed by atoms with van der Waals surface area (Å²) in [5.74, 6) is -2.11. The van der Waals surface area contributed by atoms with Crippen LogP contribution in [0.5, 0.6) is 0 Å². The summed E-state index contributed by atoms with van der Waals surface area (Å²) in [6.07, 6.45) is 0.681. The number of nitro groups is 1. The van der Waals surface area contributed by atoms with Gasteiger partial charge in [-0.25, -0.2) is 9.18 Å². The second-order valence-corrected chi connectivity index (χ2v) is 2.43. The van der Waals surface area contributed by atoms with E-state index in [0.717, 1.165) is 0 Å². The van der Waals surface area contributed by atoms with Gasteiger partial charge >= 0.3 is 5.97 Å². The molecule has 0 aliphatic heterocycles. The second-order valence-electron chi connectivity index (χ2n) is 2.43. The minimum atomic E-state index is -1.10. The van der Waals surface area contributed by atoms with Crippen LogP contribution in [0.25, 0.3) is 0 Å². The van der Waals surface area contributed by atoms with E-state index in [1.807, 2.05) is 0 Å². The normalized spacial score (nSPS) is 10.7. The number of ether oxygens (including phenoxy) is 1. The highest BCUT2D eigenvalue weighted by atomic mass is 19.1. The third kappa shape index (κ3) is 4.17. The Morgan fingerprint density at radius 1 is 1.60 bits per heavy atom. The molecule has 0 bridgehead atoms. The molecule has 0 rings (SSSR count). The van der Waals surface area contributed by atoms with Crippen molar-refractivity contribution in [2.45, 2.75) is 6.92 Å². The van der Waals surface area contributed by atoms with Gasteiger partial charge in [0.05, 0.1) is 11.5 Å². The Morgan fingerprint density at radius 2 is 2.13 bits per heavy atom. The molecule has 0 atom stereocenters. The average Bonchev–Trinajstić information content (AvgIpc) is 2.13. The van der Waals surface area contributed by atoms with Gasteiger partial charge in [0.1, 0.15) is 11.4 Å². The smallest absolute Gasteiger partial charge is 0.341 e. The molecule has 0 fully saturated rings. The van der Waals surface area contributed by atoms with Crippen molar-refractivity contribution in [2.75, 3.05) is 6.61 Å². The topological polar surface area (TPSA) is 69.4 Å². The molecule has 0 aromatic carbocycles. The molecule has 0 spiro atoms. The van der Waals surface area contributed by atoms with E-state index in [9.17, 15) is 19.3 Å². The Balaban J connectivity index is 4.97. The van der Waals surface area contributed by atoms with Gasteiger partial charge in [-0.3, -0.25) is 10.1 Å². The lowest BCUT2D eigenvalue weighted by Gasteiger charge is -2.02. The molecule has 5 nitrogen and oxygen atoms in total. The zero-order valence-corrected chi connectivity index (χ0v) is 8.16. The molecular weight excluding hydrogens is 205 g/mol. The average molecular weight is 215 g/mol. The largest absolute Gasteiger partial charge is 0.462 e. The summed E-state index contributed by atoms with van der Waals surface area (Å²) in [5, 5.41) is 10.2. The number of carbonyl (C=O) groups is 1. The first kappa shape index (κ1) is 13.0. The fraction of sp³-hybridized carbons (Fsp3) is 0.222. The predicted octanol–water partition coefficient (Wildman–Crippen LogP) is 1.75. The van der Waals surface area contributed by atoms with Crippen molar-refractivity contribution in [3.05, 3.63) is 46.4 Å². The van der Waals surface area contributed by atoms with Crippen LogP contribution < -0.4 is 0 Å². The van der Waals surface area contributed by atoms with E-state index < -0.39 is 28.0 Å². The van der Waals surface area contributed by atoms with Crippen molar-refractivity contribution >= 4 is 5.97 Å². The number of halogens is 1. The summed E-state index contributed by atoms with van der Waals surface area (Å²) in [7, 11) is 0. The number of esters is 1. The van der Waals surface area contributed by atoms with Crippen LogP contribution in [0.4, 0.5) is 4.39 Å². The second kappa shape index (κ2) is 5.69. The Bertz CT molecular complexity index is 346. The first-order valence-corrected chi connectivity index (χ1v) is 3.97. The molecule has 0 saturated heterocycles. The summed E-state index contributed by atoms with van der Waals surface area (Å²) in [6.45, 7) is 7.46. The number of carbonyl (C=O) groups excluding carboxylic acids is 1. The van der Waals surface area contributed by atoms with Crippen molar-refractivity contribution in [1.82, 2.24) is 0 Å². The SMILES string of the molecule is C=C(F)/C(=C\C(=C)[N+](=O)[O-])C(=O)OCC. The van der Waals surface area contributed by atoms with Gasteiger partial charge in [-0.15, -0.1) is 0 Å². The fourth-order valence-corrected chi connectivity index (χ4v) is 0.676. The molecule has 0 radical (unpaired) electrons. The Morgan fingerprint density at radius 3 is 2.47 bits per heavy atom. The van der Waals surface area contributed by atoms with Crippen molar-refractivity contribution in [3.63, 3.8) is 0 Å².